The molecule has 4 nitrogen and oxygen atoms in total. The van der Waals surface area contributed by atoms with Gasteiger partial charge in [-0.15, -0.1) is 11.3 Å². The van der Waals surface area contributed by atoms with Gasteiger partial charge in [-0.2, -0.15) is 11.8 Å². The number of aliphatic hydroxyl groups excluding tert-OH is 1. The first-order valence-electron chi connectivity index (χ1n) is 5.26. The van der Waals surface area contributed by atoms with E-state index in [-0.39, 0.29) is 17.9 Å². The first-order chi connectivity index (χ1) is 8.08. The van der Waals surface area contributed by atoms with Crippen LogP contribution >= 0.6 is 23.1 Å². The quantitative estimate of drug-likeness (QED) is 0.706. The van der Waals surface area contributed by atoms with Gasteiger partial charge in [0.05, 0.1) is 12.2 Å². The number of hydrogen-bond donors (Lipinski definition) is 3. The first kappa shape index (κ1) is 14.5. The van der Waals surface area contributed by atoms with Gasteiger partial charge in [-0.3, -0.25) is 0 Å². The summed E-state index contributed by atoms with van der Waals surface area (Å²) in [6, 6.07) is 1.87. The maximum atomic E-state index is 10.7. The molecule has 0 spiro atoms. The lowest BCUT2D eigenvalue weighted by Gasteiger charge is -2.20. The summed E-state index contributed by atoms with van der Waals surface area (Å²) in [7, 11) is 0. The summed E-state index contributed by atoms with van der Waals surface area (Å²) >= 11 is 3.05. The highest BCUT2D eigenvalue weighted by molar-refractivity contribution is 7.99. The molecule has 0 amide bonds. The van der Waals surface area contributed by atoms with E-state index in [1.807, 2.05) is 13.2 Å². The van der Waals surface area contributed by atoms with Gasteiger partial charge in [0, 0.05) is 28.1 Å². The van der Waals surface area contributed by atoms with E-state index in [0.717, 1.165) is 4.88 Å². The predicted octanol–water partition coefficient (Wildman–Crippen LogP) is 1.65. The molecule has 0 aliphatic heterocycles. The highest BCUT2D eigenvalue weighted by Gasteiger charge is 2.15. The fourth-order valence-corrected chi connectivity index (χ4v) is 2.88. The second kappa shape index (κ2) is 7.00. The van der Waals surface area contributed by atoms with E-state index >= 15 is 0 Å². The summed E-state index contributed by atoms with van der Waals surface area (Å²) in [5.41, 5.74) is 0.336. The number of carboxylic acid groups (broad SMARTS) is 1. The Morgan fingerprint density at radius 1 is 1.65 bits per heavy atom. The summed E-state index contributed by atoms with van der Waals surface area (Å²) in [6.45, 7) is 2.79. The fraction of sp³-hybridized carbons (Fsp3) is 0.545. The third kappa shape index (κ3) is 4.31. The Morgan fingerprint density at radius 3 is 2.82 bits per heavy atom. The molecular weight excluding hydrogens is 258 g/mol. The lowest BCUT2D eigenvalue weighted by molar-refractivity contribution is 0.0697. The van der Waals surface area contributed by atoms with Gasteiger partial charge >= 0.3 is 5.97 Å². The van der Waals surface area contributed by atoms with Crippen molar-refractivity contribution in [2.24, 2.45) is 0 Å². The Bertz CT molecular complexity index is 363. The third-order valence-corrected chi connectivity index (χ3v) is 4.64. The van der Waals surface area contributed by atoms with Gasteiger partial charge in [-0.05, 0) is 19.2 Å². The second-order valence-electron chi connectivity index (χ2n) is 3.73. The summed E-state index contributed by atoms with van der Waals surface area (Å²) in [5, 5.41) is 23.0. The van der Waals surface area contributed by atoms with Gasteiger partial charge in [0.2, 0.25) is 0 Å². The molecular formula is C11H17NO3S2. The lowest BCUT2D eigenvalue weighted by atomic mass is 10.2. The highest BCUT2D eigenvalue weighted by Crippen LogP contribution is 2.16. The van der Waals surface area contributed by atoms with E-state index in [1.165, 1.54) is 11.3 Å². The number of thioether (sulfide) groups is 1. The van der Waals surface area contributed by atoms with Crippen LogP contribution in [0.1, 0.15) is 22.2 Å². The molecule has 0 bridgehead atoms. The number of rotatable bonds is 7. The van der Waals surface area contributed by atoms with Crippen molar-refractivity contribution in [2.75, 3.05) is 12.9 Å². The molecule has 0 fully saturated rings. The van der Waals surface area contributed by atoms with Crippen molar-refractivity contribution in [2.45, 2.75) is 24.8 Å². The van der Waals surface area contributed by atoms with Crippen LogP contribution in [0.25, 0.3) is 0 Å². The first-order valence-corrected chi connectivity index (χ1v) is 7.43. The summed E-state index contributed by atoms with van der Waals surface area (Å²) in [4.78, 5) is 11.7. The summed E-state index contributed by atoms with van der Waals surface area (Å²) in [5.74, 6) is -0.891. The van der Waals surface area contributed by atoms with Crippen molar-refractivity contribution in [3.8, 4) is 0 Å². The van der Waals surface area contributed by atoms with Crippen molar-refractivity contribution in [1.29, 1.82) is 0 Å². The average molecular weight is 275 g/mol. The van der Waals surface area contributed by atoms with Gasteiger partial charge < -0.3 is 15.5 Å². The second-order valence-corrected chi connectivity index (χ2v) is 5.81. The molecule has 2 unspecified atom stereocenters. The lowest BCUT2D eigenvalue weighted by Crippen LogP contribution is -2.36. The molecule has 3 N–H and O–H groups in total. The average Bonchev–Trinajstić information content (AvgIpc) is 2.76. The minimum atomic E-state index is -0.891. The van der Waals surface area contributed by atoms with Crippen LogP contribution in [-0.4, -0.2) is 40.3 Å². The molecule has 17 heavy (non-hydrogen) atoms. The van der Waals surface area contributed by atoms with Crippen LogP contribution in [0.2, 0.25) is 0 Å². The van der Waals surface area contributed by atoms with Crippen LogP contribution < -0.4 is 5.32 Å². The predicted molar refractivity (Wildman–Crippen MR) is 72.0 cm³/mol. The molecule has 0 radical (unpaired) electrons. The molecule has 0 saturated heterocycles. The molecule has 1 aromatic heterocycles. The van der Waals surface area contributed by atoms with Crippen LogP contribution in [0.4, 0.5) is 0 Å². The Morgan fingerprint density at radius 2 is 2.35 bits per heavy atom. The largest absolute Gasteiger partial charge is 0.478 e. The van der Waals surface area contributed by atoms with Crippen molar-refractivity contribution in [3.63, 3.8) is 0 Å². The Hall–Kier alpha value is -0.560. The molecule has 2 atom stereocenters. The van der Waals surface area contributed by atoms with E-state index in [2.05, 4.69) is 5.32 Å². The van der Waals surface area contributed by atoms with Gasteiger partial charge in [0.25, 0.3) is 0 Å². The van der Waals surface area contributed by atoms with Crippen LogP contribution in [0.15, 0.2) is 11.4 Å². The number of carboxylic acids is 1. The molecule has 6 heteroatoms. The molecule has 1 rings (SSSR count). The van der Waals surface area contributed by atoms with Crippen LogP contribution in [0, 0.1) is 0 Å². The number of carbonyl (C=O) groups is 1. The molecule has 96 valence electrons. The Kier molecular flexibility index (Phi) is 5.97. The van der Waals surface area contributed by atoms with Crippen LogP contribution in [-0.2, 0) is 6.54 Å². The molecule has 0 saturated carbocycles. The zero-order valence-corrected chi connectivity index (χ0v) is 11.5. The van der Waals surface area contributed by atoms with Gasteiger partial charge in [0.15, 0.2) is 0 Å². The molecule has 1 aromatic rings. The monoisotopic (exact) mass is 275 g/mol. The van der Waals surface area contributed by atoms with Crippen LogP contribution in [0.3, 0.4) is 0 Å². The van der Waals surface area contributed by atoms with Crippen LogP contribution in [0.5, 0.6) is 0 Å². The number of nitrogens with one attached hydrogen (secondary N) is 1. The smallest absolute Gasteiger partial charge is 0.336 e. The van der Waals surface area contributed by atoms with Crippen molar-refractivity contribution in [1.82, 2.24) is 5.32 Å². The number of hydrogen-bond acceptors (Lipinski definition) is 5. The molecule has 1 heterocycles. The summed E-state index contributed by atoms with van der Waals surface area (Å²) < 4.78 is 0. The van der Waals surface area contributed by atoms with Crippen molar-refractivity contribution < 1.29 is 15.0 Å². The topological polar surface area (TPSA) is 69.6 Å². The summed E-state index contributed by atoms with van der Waals surface area (Å²) in [6.07, 6.45) is 1.97. The zero-order chi connectivity index (χ0) is 12.8. The molecule has 0 aliphatic rings. The van der Waals surface area contributed by atoms with Crippen molar-refractivity contribution >= 4 is 29.1 Å². The fourth-order valence-electron chi connectivity index (χ4n) is 1.42. The van der Waals surface area contributed by atoms with E-state index in [9.17, 15) is 4.79 Å². The highest BCUT2D eigenvalue weighted by atomic mass is 32.2. The van der Waals surface area contributed by atoms with Gasteiger partial charge in [0.1, 0.15) is 0 Å². The van der Waals surface area contributed by atoms with Crippen molar-refractivity contribution in [3.05, 3.63) is 21.9 Å². The van der Waals surface area contributed by atoms with E-state index in [1.54, 1.807) is 23.2 Å². The maximum Gasteiger partial charge on any atom is 0.336 e. The third-order valence-electron chi connectivity index (χ3n) is 2.54. The zero-order valence-electron chi connectivity index (χ0n) is 9.84. The standard InChI is InChI=1S/C11H17NO3S2/c1-7(10(5-13)16-2)12-4-9-3-8(6-17-9)11(14)15/h3,6-7,10,12-13H,4-5H2,1-2H3,(H,14,15). The van der Waals surface area contributed by atoms with Gasteiger partial charge in [-0.25, -0.2) is 4.79 Å². The normalized spacial score (nSPS) is 14.5. The number of aliphatic hydroxyl groups is 1. The minimum absolute atomic E-state index is 0.139. The van der Waals surface area contributed by atoms with Gasteiger partial charge in [-0.1, -0.05) is 0 Å². The van der Waals surface area contributed by atoms with E-state index in [4.69, 9.17) is 10.2 Å². The Labute approximate surface area is 109 Å². The maximum absolute atomic E-state index is 10.7. The van der Waals surface area contributed by atoms with E-state index in [0.29, 0.717) is 12.1 Å². The minimum Gasteiger partial charge on any atom is -0.478 e. The number of aromatic carboxylic acids is 1. The SMILES string of the molecule is CSC(CO)C(C)NCc1cc(C(=O)O)cs1. The number of thiophene rings is 1. The molecule has 0 aromatic carbocycles. The molecule has 0 aliphatic carbocycles. The Balaban J connectivity index is 2.46. The van der Waals surface area contributed by atoms with E-state index < -0.39 is 5.97 Å².